The third-order valence-corrected chi connectivity index (χ3v) is 4.82. The Hall–Kier alpha value is -3.06. The lowest BCUT2D eigenvalue weighted by Gasteiger charge is -2.10. The highest BCUT2D eigenvalue weighted by Crippen LogP contribution is 2.25. The highest BCUT2D eigenvalue weighted by molar-refractivity contribution is 7.99. The Kier molecular flexibility index (Phi) is 6.49. The van der Waals surface area contributed by atoms with Crippen LogP contribution in [0.4, 0.5) is 5.69 Å². The normalized spacial score (nSPS) is 10.4. The summed E-state index contributed by atoms with van der Waals surface area (Å²) in [5, 5.41) is 3.61. The Morgan fingerprint density at radius 2 is 1.79 bits per heavy atom. The van der Waals surface area contributed by atoms with Crippen LogP contribution in [0.5, 0.6) is 11.5 Å². The van der Waals surface area contributed by atoms with Crippen molar-refractivity contribution >= 4 is 23.4 Å². The average Bonchev–Trinajstić information content (AvgIpc) is 2.72. The number of nitrogens with one attached hydrogen (secondary N) is 1. The molecule has 0 saturated heterocycles. The smallest absolute Gasteiger partial charge is 0.234 e. The Morgan fingerprint density at radius 3 is 2.50 bits per heavy atom. The third-order valence-electron chi connectivity index (χ3n) is 3.91. The predicted molar refractivity (Wildman–Crippen MR) is 111 cm³/mol. The van der Waals surface area contributed by atoms with E-state index in [-0.39, 0.29) is 11.7 Å². The number of anilines is 1. The van der Waals surface area contributed by atoms with E-state index in [4.69, 9.17) is 9.47 Å². The molecule has 0 radical (unpaired) electrons. The van der Waals surface area contributed by atoms with Crippen molar-refractivity contribution in [1.82, 2.24) is 9.97 Å². The summed E-state index contributed by atoms with van der Waals surface area (Å²) in [4.78, 5) is 21.4. The van der Waals surface area contributed by atoms with Gasteiger partial charge < -0.3 is 14.8 Å². The van der Waals surface area contributed by atoms with E-state index in [0.717, 1.165) is 22.0 Å². The van der Waals surface area contributed by atoms with Gasteiger partial charge in [-0.3, -0.25) is 4.79 Å². The predicted octanol–water partition coefficient (Wildman–Crippen LogP) is 4.20. The van der Waals surface area contributed by atoms with Crippen LogP contribution in [0.25, 0.3) is 11.4 Å². The molecule has 2 aromatic carbocycles. The summed E-state index contributed by atoms with van der Waals surface area (Å²) in [5.74, 6) is 2.13. The van der Waals surface area contributed by atoms with Crippen molar-refractivity contribution in [3.05, 3.63) is 60.3 Å². The molecule has 1 amide bonds. The number of amides is 1. The summed E-state index contributed by atoms with van der Waals surface area (Å²) >= 11 is 1.36. The van der Waals surface area contributed by atoms with Gasteiger partial charge in [0.05, 0.1) is 25.7 Å². The summed E-state index contributed by atoms with van der Waals surface area (Å²) in [5.41, 5.74) is 2.38. The van der Waals surface area contributed by atoms with Gasteiger partial charge in [-0.15, -0.1) is 0 Å². The van der Waals surface area contributed by atoms with Gasteiger partial charge in [0.1, 0.15) is 16.5 Å². The first-order valence-electron chi connectivity index (χ1n) is 8.65. The highest BCUT2D eigenvalue weighted by Gasteiger charge is 2.10. The molecule has 0 aliphatic rings. The number of aromatic nitrogens is 2. The fraction of sp³-hybridized carbons (Fsp3) is 0.190. The third kappa shape index (κ3) is 5.01. The molecule has 28 heavy (non-hydrogen) atoms. The number of carbonyl (C=O) groups is 1. The summed E-state index contributed by atoms with van der Waals surface area (Å²) in [7, 11) is 3.20. The van der Waals surface area contributed by atoms with Gasteiger partial charge in [-0.05, 0) is 49.4 Å². The topological polar surface area (TPSA) is 73.3 Å². The van der Waals surface area contributed by atoms with E-state index in [9.17, 15) is 4.79 Å². The Labute approximate surface area is 168 Å². The number of aryl methyl sites for hydroxylation is 1. The number of hydrogen-bond donors (Lipinski definition) is 1. The number of carbonyl (C=O) groups excluding carboxylic acids is 1. The molecule has 0 spiro atoms. The average molecular weight is 395 g/mol. The van der Waals surface area contributed by atoms with Crippen LogP contribution in [-0.4, -0.2) is 35.8 Å². The van der Waals surface area contributed by atoms with Crippen molar-refractivity contribution < 1.29 is 14.3 Å². The van der Waals surface area contributed by atoms with Crippen molar-refractivity contribution in [2.45, 2.75) is 11.9 Å². The highest BCUT2D eigenvalue weighted by atomic mass is 32.2. The number of para-hydroxylation sites is 2. The van der Waals surface area contributed by atoms with Gasteiger partial charge in [-0.2, -0.15) is 0 Å². The molecule has 0 unspecified atom stereocenters. The van der Waals surface area contributed by atoms with Crippen LogP contribution in [0.1, 0.15) is 5.69 Å². The number of benzene rings is 2. The van der Waals surface area contributed by atoms with Crippen LogP contribution >= 0.6 is 11.8 Å². The molecule has 0 fully saturated rings. The number of thioether (sulfide) groups is 1. The van der Waals surface area contributed by atoms with Crippen molar-refractivity contribution in [3.8, 4) is 22.9 Å². The minimum Gasteiger partial charge on any atom is -0.497 e. The van der Waals surface area contributed by atoms with Crippen molar-refractivity contribution in [2.24, 2.45) is 0 Å². The summed E-state index contributed by atoms with van der Waals surface area (Å²) in [6.45, 7) is 1.91. The van der Waals surface area contributed by atoms with Crippen molar-refractivity contribution in [2.75, 3.05) is 25.3 Å². The van der Waals surface area contributed by atoms with Gasteiger partial charge in [0, 0.05) is 11.3 Å². The van der Waals surface area contributed by atoms with Gasteiger partial charge in [-0.25, -0.2) is 9.97 Å². The van der Waals surface area contributed by atoms with E-state index in [1.165, 1.54) is 11.8 Å². The van der Waals surface area contributed by atoms with Gasteiger partial charge in [-0.1, -0.05) is 23.9 Å². The fourth-order valence-electron chi connectivity index (χ4n) is 2.56. The number of hydrogen-bond acceptors (Lipinski definition) is 6. The largest absolute Gasteiger partial charge is 0.497 e. The first kappa shape index (κ1) is 19.7. The maximum atomic E-state index is 12.3. The van der Waals surface area contributed by atoms with E-state index >= 15 is 0 Å². The number of rotatable bonds is 7. The number of nitrogens with zero attached hydrogens (tertiary/aromatic N) is 2. The SMILES string of the molecule is COc1ccc(-c2nc(C)cc(SCC(=O)Nc3ccccc3OC)n2)cc1. The number of ether oxygens (including phenoxy) is 2. The molecular weight excluding hydrogens is 374 g/mol. The van der Waals surface area contributed by atoms with E-state index in [1.807, 2.05) is 49.4 Å². The molecule has 144 valence electrons. The molecule has 6 nitrogen and oxygen atoms in total. The Balaban J connectivity index is 1.68. The monoisotopic (exact) mass is 395 g/mol. The zero-order valence-electron chi connectivity index (χ0n) is 15.9. The van der Waals surface area contributed by atoms with Gasteiger partial charge in [0.15, 0.2) is 5.82 Å². The fourth-order valence-corrected chi connectivity index (χ4v) is 3.31. The molecule has 7 heteroatoms. The zero-order valence-corrected chi connectivity index (χ0v) is 16.7. The molecule has 3 aromatic rings. The molecule has 1 N–H and O–H groups in total. The lowest BCUT2D eigenvalue weighted by molar-refractivity contribution is -0.113. The van der Waals surface area contributed by atoms with Crippen LogP contribution in [-0.2, 0) is 4.79 Å². The second kappa shape index (κ2) is 9.23. The molecule has 1 aromatic heterocycles. The zero-order chi connectivity index (χ0) is 19.9. The first-order valence-corrected chi connectivity index (χ1v) is 9.63. The van der Waals surface area contributed by atoms with Gasteiger partial charge >= 0.3 is 0 Å². The Morgan fingerprint density at radius 1 is 1.04 bits per heavy atom. The molecule has 0 atom stereocenters. The van der Waals surface area contributed by atoms with E-state index in [0.29, 0.717) is 17.3 Å². The van der Waals surface area contributed by atoms with Crippen LogP contribution in [0, 0.1) is 6.92 Å². The second-order valence-electron chi connectivity index (χ2n) is 5.94. The first-order chi connectivity index (χ1) is 13.6. The maximum absolute atomic E-state index is 12.3. The standard InChI is InChI=1S/C21H21N3O3S/c1-14-12-20(24-21(22-14)15-8-10-16(26-2)11-9-15)28-13-19(25)23-17-6-4-5-7-18(17)27-3/h4-12H,13H2,1-3H3,(H,23,25). The Bertz CT molecular complexity index is 961. The van der Waals surface area contributed by atoms with Crippen LogP contribution in [0.3, 0.4) is 0 Å². The minimum atomic E-state index is -0.128. The molecule has 0 saturated carbocycles. The lowest BCUT2D eigenvalue weighted by atomic mass is 10.2. The van der Waals surface area contributed by atoms with E-state index in [2.05, 4.69) is 15.3 Å². The lowest BCUT2D eigenvalue weighted by Crippen LogP contribution is -2.14. The van der Waals surface area contributed by atoms with Gasteiger partial charge in [0.25, 0.3) is 0 Å². The van der Waals surface area contributed by atoms with Crippen LogP contribution < -0.4 is 14.8 Å². The van der Waals surface area contributed by atoms with Gasteiger partial charge in [0.2, 0.25) is 5.91 Å². The molecule has 3 rings (SSSR count). The van der Waals surface area contributed by atoms with Crippen LogP contribution in [0.2, 0.25) is 0 Å². The van der Waals surface area contributed by atoms with Crippen molar-refractivity contribution in [3.63, 3.8) is 0 Å². The maximum Gasteiger partial charge on any atom is 0.234 e. The molecule has 1 heterocycles. The second-order valence-corrected chi connectivity index (χ2v) is 6.93. The quantitative estimate of drug-likeness (QED) is 0.477. The molecule has 0 aliphatic carbocycles. The summed E-state index contributed by atoms with van der Waals surface area (Å²) < 4.78 is 10.4. The molecule has 0 aliphatic heterocycles. The van der Waals surface area contributed by atoms with E-state index < -0.39 is 0 Å². The van der Waals surface area contributed by atoms with E-state index in [1.54, 1.807) is 26.4 Å². The number of methoxy groups -OCH3 is 2. The van der Waals surface area contributed by atoms with Crippen LogP contribution in [0.15, 0.2) is 59.6 Å². The summed E-state index contributed by atoms with van der Waals surface area (Å²) in [6, 6.07) is 16.7. The minimum absolute atomic E-state index is 0.128. The van der Waals surface area contributed by atoms with Crippen molar-refractivity contribution in [1.29, 1.82) is 0 Å². The molecular formula is C21H21N3O3S. The summed E-state index contributed by atoms with van der Waals surface area (Å²) in [6.07, 6.45) is 0. The molecule has 0 bridgehead atoms.